The first kappa shape index (κ1) is 12.1. The zero-order valence-electron chi connectivity index (χ0n) is 8.59. The maximum absolute atomic E-state index is 10.9. The summed E-state index contributed by atoms with van der Waals surface area (Å²) in [6.07, 6.45) is 1.95. The van der Waals surface area contributed by atoms with Crippen LogP contribution in [0.1, 0.15) is 11.5 Å². The summed E-state index contributed by atoms with van der Waals surface area (Å²) in [6.45, 7) is 0. The number of nitrogens with two attached hydrogens (primary N) is 1. The molecule has 1 rings (SSSR count). The standard InChI is InChI=1S/C11H15NO2S/c1-15-7-9(10(12)11(13)14)8-5-3-2-4-6-8/h2-6,9-10H,7,12H2,1H3,(H,13,14). The predicted octanol–water partition coefficient (Wildman–Crippen LogP) is 1.55. The van der Waals surface area contributed by atoms with Crippen molar-refractivity contribution in [1.82, 2.24) is 0 Å². The molecule has 0 heterocycles. The molecule has 4 heteroatoms. The molecular formula is C11H15NO2S. The van der Waals surface area contributed by atoms with Crippen molar-refractivity contribution >= 4 is 17.7 Å². The fourth-order valence-electron chi connectivity index (χ4n) is 1.46. The summed E-state index contributed by atoms with van der Waals surface area (Å²) in [5.74, 6) is -0.353. The van der Waals surface area contributed by atoms with E-state index in [0.717, 1.165) is 11.3 Å². The van der Waals surface area contributed by atoms with Gasteiger partial charge in [0.05, 0.1) is 0 Å². The van der Waals surface area contributed by atoms with Crippen LogP contribution < -0.4 is 5.73 Å². The van der Waals surface area contributed by atoms with Crippen molar-refractivity contribution in [3.63, 3.8) is 0 Å². The van der Waals surface area contributed by atoms with Crippen LogP contribution in [-0.2, 0) is 4.79 Å². The molecule has 0 spiro atoms. The predicted molar refractivity (Wildman–Crippen MR) is 63.2 cm³/mol. The van der Waals surface area contributed by atoms with E-state index in [2.05, 4.69) is 0 Å². The molecule has 0 radical (unpaired) electrons. The largest absolute Gasteiger partial charge is 0.480 e. The minimum Gasteiger partial charge on any atom is -0.480 e. The Kier molecular flexibility index (Phi) is 4.65. The van der Waals surface area contributed by atoms with Crippen LogP contribution >= 0.6 is 11.8 Å². The van der Waals surface area contributed by atoms with Gasteiger partial charge in [-0.2, -0.15) is 11.8 Å². The summed E-state index contributed by atoms with van der Waals surface area (Å²) < 4.78 is 0. The molecule has 0 aromatic heterocycles. The molecule has 0 saturated carbocycles. The lowest BCUT2D eigenvalue weighted by molar-refractivity contribution is -0.138. The Labute approximate surface area is 93.7 Å². The Bertz CT molecular complexity index is 316. The summed E-state index contributed by atoms with van der Waals surface area (Å²) in [4.78, 5) is 10.9. The number of thioether (sulfide) groups is 1. The van der Waals surface area contributed by atoms with Gasteiger partial charge >= 0.3 is 5.97 Å². The minimum absolute atomic E-state index is 0.126. The Morgan fingerprint density at radius 2 is 2.07 bits per heavy atom. The van der Waals surface area contributed by atoms with Gasteiger partial charge in [0.15, 0.2) is 0 Å². The highest BCUT2D eigenvalue weighted by atomic mass is 32.2. The van der Waals surface area contributed by atoms with Crippen LogP contribution in [0.4, 0.5) is 0 Å². The Morgan fingerprint density at radius 3 is 2.53 bits per heavy atom. The molecule has 3 nitrogen and oxygen atoms in total. The van der Waals surface area contributed by atoms with E-state index in [1.165, 1.54) is 0 Å². The first-order valence-electron chi connectivity index (χ1n) is 4.69. The second-order valence-corrected chi connectivity index (χ2v) is 4.25. The smallest absolute Gasteiger partial charge is 0.321 e. The maximum atomic E-state index is 10.9. The van der Waals surface area contributed by atoms with Crippen molar-refractivity contribution in [3.8, 4) is 0 Å². The fourth-order valence-corrected chi connectivity index (χ4v) is 2.22. The molecule has 15 heavy (non-hydrogen) atoms. The number of hydrogen-bond donors (Lipinski definition) is 2. The molecule has 1 aromatic carbocycles. The normalized spacial score (nSPS) is 14.5. The summed E-state index contributed by atoms with van der Waals surface area (Å²) >= 11 is 1.61. The molecule has 82 valence electrons. The fraction of sp³-hybridized carbons (Fsp3) is 0.364. The third-order valence-electron chi connectivity index (χ3n) is 2.29. The van der Waals surface area contributed by atoms with E-state index < -0.39 is 12.0 Å². The van der Waals surface area contributed by atoms with Crippen LogP contribution in [0.25, 0.3) is 0 Å². The first-order chi connectivity index (χ1) is 7.16. The number of hydrogen-bond acceptors (Lipinski definition) is 3. The number of aliphatic carboxylic acids is 1. The third kappa shape index (κ3) is 3.25. The van der Waals surface area contributed by atoms with Crippen molar-refractivity contribution in [2.24, 2.45) is 5.73 Å². The van der Waals surface area contributed by atoms with Gasteiger partial charge in [0.25, 0.3) is 0 Å². The van der Waals surface area contributed by atoms with Gasteiger partial charge in [0, 0.05) is 11.7 Å². The van der Waals surface area contributed by atoms with Crippen molar-refractivity contribution in [3.05, 3.63) is 35.9 Å². The third-order valence-corrected chi connectivity index (χ3v) is 2.99. The first-order valence-corrected chi connectivity index (χ1v) is 6.08. The second-order valence-electron chi connectivity index (χ2n) is 3.34. The van der Waals surface area contributed by atoms with Crippen molar-refractivity contribution in [1.29, 1.82) is 0 Å². The maximum Gasteiger partial charge on any atom is 0.321 e. The molecule has 0 aliphatic heterocycles. The van der Waals surface area contributed by atoms with Crippen molar-refractivity contribution in [2.45, 2.75) is 12.0 Å². The monoisotopic (exact) mass is 225 g/mol. The molecule has 0 fully saturated rings. The van der Waals surface area contributed by atoms with Gasteiger partial charge < -0.3 is 10.8 Å². The lowest BCUT2D eigenvalue weighted by Crippen LogP contribution is -2.37. The minimum atomic E-state index is -0.946. The van der Waals surface area contributed by atoms with E-state index in [4.69, 9.17) is 10.8 Å². The second kappa shape index (κ2) is 5.78. The molecule has 3 N–H and O–H groups in total. The highest BCUT2D eigenvalue weighted by molar-refractivity contribution is 7.98. The average Bonchev–Trinajstić information content (AvgIpc) is 2.26. The quantitative estimate of drug-likeness (QED) is 0.798. The molecule has 0 saturated heterocycles. The van der Waals surface area contributed by atoms with E-state index in [-0.39, 0.29) is 5.92 Å². The van der Waals surface area contributed by atoms with E-state index >= 15 is 0 Å². The van der Waals surface area contributed by atoms with Crippen LogP contribution in [0.3, 0.4) is 0 Å². The Hall–Kier alpha value is -1.00. The van der Waals surface area contributed by atoms with Crippen LogP contribution in [0.2, 0.25) is 0 Å². The van der Waals surface area contributed by atoms with Crippen LogP contribution in [-0.4, -0.2) is 29.1 Å². The molecule has 0 amide bonds. The summed E-state index contributed by atoms with van der Waals surface area (Å²) in [6, 6.07) is 8.72. The molecule has 2 atom stereocenters. The van der Waals surface area contributed by atoms with E-state index in [1.807, 2.05) is 36.6 Å². The average molecular weight is 225 g/mol. The van der Waals surface area contributed by atoms with Gasteiger partial charge in [0.2, 0.25) is 0 Å². The summed E-state index contributed by atoms with van der Waals surface area (Å²) in [7, 11) is 0. The highest BCUT2D eigenvalue weighted by Gasteiger charge is 2.24. The van der Waals surface area contributed by atoms with E-state index in [1.54, 1.807) is 11.8 Å². The summed E-state index contributed by atoms with van der Waals surface area (Å²) in [5, 5.41) is 8.91. The zero-order valence-corrected chi connectivity index (χ0v) is 9.41. The van der Waals surface area contributed by atoms with E-state index in [0.29, 0.717) is 0 Å². The SMILES string of the molecule is CSCC(c1ccccc1)C(N)C(=O)O. The van der Waals surface area contributed by atoms with Crippen LogP contribution in [0.15, 0.2) is 30.3 Å². The van der Waals surface area contributed by atoms with Crippen molar-refractivity contribution < 1.29 is 9.90 Å². The Balaban J connectivity index is 2.87. The van der Waals surface area contributed by atoms with Gasteiger partial charge in [-0.05, 0) is 11.8 Å². The molecule has 0 bridgehead atoms. The number of benzene rings is 1. The Morgan fingerprint density at radius 1 is 1.47 bits per heavy atom. The molecule has 1 aromatic rings. The lowest BCUT2D eigenvalue weighted by Gasteiger charge is -2.20. The van der Waals surface area contributed by atoms with E-state index in [9.17, 15) is 4.79 Å². The molecule has 2 unspecified atom stereocenters. The van der Waals surface area contributed by atoms with Gasteiger partial charge in [-0.1, -0.05) is 30.3 Å². The zero-order chi connectivity index (χ0) is 11.3. The molecular weight excluding hydrogens is 210 g/mol. The van der Waals surface area contributed by atoms with Crippen LogP contribution in [0.5, 0.6) is 0 Å². The topological polar surface area (TPSA) is 63.3 Å². The van der Waals surface area contributed by atoms with Gasteiger partial charge in [-0.15, -0.1) is 0 Å². The summed E-state index contributed by atoms with van der Waals surface area (Å²) in [5.41, 5.74) is 6.65. The number of carbonyl (C=O) groups is 1. The van der Waals surface area contributed by atoms with Crippen LogP contribution in [0, 0.1) is 0 Å². The number of carboxylic acids is 1. The number of carboxylic acid groups (broad SMARTS) is 1. The van der Waals surface area contributed by atoms with Gasteiger partial charge in [0.1, 0.15) is 6.04 Å². The molecule has 0 aliphatic carbocycles. The van der Waals surface area contributed by atoms with Crippen molar-refractivity contribution in [2.75, 3.05) is 12.0 Å². The van der Waals surface area contributed by atoms with Gasteiger partial charge in [-0.25, -0.2) is 0 Å². The molecule has 0 aliphatic rings. The van der Waals surface area contributed by atoms with Gasteiger partial charge in [-0.3, -0.25) is 4.79 Å². The number of rotatable bonds is 5. The lowest BCUT2D eigenvalue weighted by atomic mass is 9.94. The highest BCUT2D eigenvalue weighted by Crippen LogP contribution is 2.22.